The van der Waals surface area contributed by atoms with Gasteiger partial charge in [-0.05, 0) is 69.3 Å². The Balaban J connectivity index is 1.57. The lowest BCUT2D eigenvalue weighted by atomic mass is 9.49. The van der Waals surface area contributed by atoms with Crippen LogP contribution in [0.25, 0.3) is 0 Å². The Morgan fingerprint density at radius 1 is 1.19 bits per heavy atom. The van der Waals surface area contributed by atoms with E-state index in [1.165, 1.54) is 19.3 Å². The zero-order valence-electron chi connectivity index (χ0n) is 12.2. The fourth-order valence-corrected chi connectivity index (χ4v) is 5.45. The quantitative estimate of drug-likeness (QED) is 0.849. The lowest BCUT2D eigenvalue weighted by Crippen LogP contribution is -2.51. The topological polar surface area (TPSA) is 54.9 Å². The van der Waals surface area contributed by atoms with Crippen molar-refractivity contribution >= 4 is 23.5 Å². The van der Waals surface area contributed by atoms with E-state index < -0.39 is 0 Å². The highest BCUT2D eigenvalue weighted by Gasteiger charge is 2.54. The van der Waals surface area contributed by atoms with Crippen LogP contribution in [0.15, 0.2) is 6.07 Å². The minimum atomic E-state index is -0.172. The summed E-state index contributed by atoms with van der Waals surface area (Å²) in [5.41, 5.74) is 0.602. The third kappa shape index (κ3) is 2.33. The molecule has 0 radical (unpaired) electrons. The number of nitrogens with zero attached hydrogens (tertiary/aromatic N) is 2. The Bertz CT molecular complexity index is 546. The summed E-state index contributed by atoms with van der Waals surface area (Å²) in [7, 11) is 0. The molecule has 1 aromatic rings. The van der Waals surface area contributed by atoms with E-state index in [1.807, 2.05) is 6.92 Å². The van der Waals surface area contributed by atoms with E-state index in [1.54, 1.807) is 6.07 Å². The molecule has 1 heterocycles. The number of rotatable bonds is 2. The monoisotopic (exact) mass is 305 g/mol. The van der Waals surface area contributed by atoms with E-state index >= 15 is 0 Å². The molecule has 4 bridgehead atoms. The summed E-state index contributed by atoms with van der Waals surface area (Å²) in [5, 5.41) is 3.31. The van der Waals surface area contributed by atoms with E-state index in [0.29, 0.717) is 11.1 Å². The molecule has 4 fully saturated rings. The summed E-state index contributed by atoms with van der Waals surface area (Å²) >= 11 is 5.95. The number of carbonyl (C=O) groups is 1. The number of halogens is 1. The predicted octanol–water partition coefficient (Wildman–Crippen LogP) is 3.59. The first-order valence-corrected chi connectivity index (χ1v) is 8.23. The first kappa shape index (κ1) is 13.5. The Labute approximate surface area is 129 Å². The molecule has 0 aromatic carbocycles. The SMILES string of the molecule is Cc1cc(Cl)nc(NC(=O)C23CC4CC(CC(C4)C2)C3)n1. The molecule has 112 valence electrons. The molecule has 4 nitrogen and oxygen atoms in total. The summed E-state index contributed by atoms with van der Waals surface area (Å²) in [5.74, 6) is 2.72. The van der Waals surface area contributed by atoms with Crippen LogP contribution in [0.1, 0.15) is 44.2 Å². The molecule has 4 aliphatic carbocycles. The van der Waals surface area contributed by atoms with Gasteiger partial charge in [0.25, 0.3) is 0 Å². The van der Waals surface area contributed by atoms with Crippen LogP contribution in [0.4, 0.5) is 5.95 Å². The number of hydrogen-bond acceptors (Lipinski definition) is 3. The van der Waals surface area contributed by atoms with E-state index in [0.717, 1.165) is 42.7 Å². The van der Waals surface area contributed by atoms with Gasteiger partial charge in [0.2, 0.25) is 11.9 Å². The standard InChI is InChI=1S/C16H20ClN3O/c1-9-2-13(17)19-15(18-9)20-14(21)16-6-10-3-11(7-16)5-12(4-10)8-16/h2,10-12H,3-8H2,1H3,(H,18,19,20,21). The molecule has 0 saturated heterocycles. The molecular formula is C16H20ClN3O. The van der Waals surface area contributed by atoms with Crippen LogP contribution in [0.5, 0.6) is 0 Å². The minimum absolute atomic E-state index is 0.114. The highest BCUT2D eigenvalue weighted by Crippen LogP contribution is 2.60. The Hall–Kier alpha value is -1.16. The van der Waals surface area contributed by atoms with Crippen LogP contribution < -0.4 is 5.32 Å². The molecule has 1 N–H and O–H groups in total. The molecule has 0 atom stereocenters. The summed E-state index contributed by atoms with van der Waals surface area (Å²) in [4.78, 5) is 21.3. The van der Waals surface area contributed by atoms with Crippen LogP contribution in [0.2, 0.25) is 5.15 Å². The second kappa shape index (κ2) is 4.67. The van der Waals surface area contributed by atoms with Gasteiger partial charge in [0.1, 0.15) is 5.15 Å². The molecule has 0 aliphatic heterocycles. The number of anilines is 1. The lowest BCUT2D eigenvalue weighted by Gasteiger charge is -2.55. The van der Waals surface area contributed by atoms with Crippen molar-refractivity contribution in [2.45, 2.75) is 45.4 Å². The molecule has 21 heavy (non-hydrogen) atoms. The number of amides is 1. The third-order valence-corrected chi connectivity index (χ3v) is 5.76. The van der Waals surface area contributed by atoms with E-state index in [4.69, 9.17) is 11.6 Å². The van der Waals surface area contributed by atoms with Crippen molar-refractivity contribution in [3.63, 3.8) is 0 Å². The number of aryl methyl sites for hydroxylation is 1. The normalized spacial score (nSPS) is 36.8. The summed E-state index contributed by atoms with van der Waals surface area (Å²) < 4.78 is 0. The van der Waals surface area contributed by atoms with Crippen LogP contribution in [0.3, 0.4) is 0 Å². The van der Waals surface area contributed by atoms with Gasteiger partial charge in [-0.3, -0.25) is 10.1 Å². The number of carbonyl (C=O) groups excluding carboxylic acids is 1. The lowest BCUT2D eigenvalue weighted by molar-refractivity contribution is -0.140. The molecule has 4 saturated carbocycles. The fraction of sp³-hybridized carbons (Fsp3) is 0.688. The minimum Gasteiger partial charge on any atom is -0.294 e. The van der Waals surface area contributed by atoms with Gasteiger partial charge < -0.3 is 0 Å². The first-order chi connectivity index (χ1) is 10.0. The van der Waals surface area contributed by atoms with Crippen molar-refractivity contribution in [2.24, 2.45) is 23.2 Å². The maximum absolute atomic E-state index is 12.9. The maximum Gasteiger partial charge on any atom is 0.232 e. The van der Waals surface area contributed by atoms with Crippen molar-refractivity contribution in [2.75, 3.05) is 5.32 Å². The van der Waals surface area contributed by atoms with Gasteiger partial charge in [0.05, 0.1) is 5.41 Å². The molecule has 1 amide bonds. The van der Waals surface area contributed by atoms with Gasteiger partial charge in [-0.2, -0.15) is 0 Å². The van der Waals surface area contributed by atoms with Crippen molar-refractivity contribution in [3.8, 4) is 0 Å². The van der Waals surface area contributed by atoms with Crippen LogP contribution in [0, 0.1) is 30.1 Å². The highest BCUT2D eigenvalue weighted by atomic mass is 35.5. The van der Waals surface area contributed by atoms with Crippen molar-refractivity contribution in [1.29, 1.82) is 0 Å². The fourth-order valence-electron chi connectivity index (χ4n) is 5.21. The number of nitrogens with one attached hydrogen (secondary N) is 1. The molecule has 5 heteroatoms. The summed E-state index contributed by atoms with van der Waals surface area (Å²) in [6, 6.07) is 1.70. The van der Waals surface area contributed by atoms with Crippen LogP contribution in [-0.4, -0.2) is 15.9 Å². The molecule has 0 unspecified atom stereocenters. The second-order valence-electron chi connectivity index (χ2n) is 7.31. The average Bonchev–Trinajstić information content (AvgIpc) is 2.35. The van der Waals surface area contributed by atoms with Gasteiger partial charge in [-0.1, -0.05) is 11.6 Å². The van der Waals surface area contributed by atoms with Crippen molar-refractivity contribution in [1.82, 2.24) is 9.97 Å². The third-order valence-electron chi connectivity index (χ3n) is 5.57. The smallest absolute Gasteiger partial charge is 0.232 e. The average molecular weight is 306 g/mol. The van der Waals surface area contributed by atoms with Crippen LogP contribution >= 0.6 is 11.6 Å². The summed E-state index contributed by atoms with van der Waals surface area (Å²) in [6.07, 6.45) is 7.14. The molecule has 4 aliphatic rings. The van der Waals surface area contributed by atoms with Gasteiger partial charge in [-0.15, -0.1) is 0 Å². The van der Waals surface area contributed by atoms with E-state index in [9.17, 15) is 4.79 Å². The van der Waals surface area contributed by atoms with E-state index in [2.05, 4.69) is 15.3 Å². The zero-order valence-corrected chi connectivity index (χ0v) is 13.0. The van der Waals surface area contributed by atoms with Gasteiger partial charge >= 0.3 is 0 Å². The Morgan fingerprint density at radius 3 is 2.29 bits per heavy atom. The number of aromatic nitrogens is 2. The van der Waals surface area contributed by atoms with Crippen molar-refractivity contribution < 1.29 is 4.79 Å². The van der Waals surface area contributed by atoms with Crippen LogP contribution in [-0.2, 0) is 4.79 Å². The molecular weight excluding hydrogens is 286 g/mol. The largest absolute Gasteiger partial charge is 0.294 e. The molecule has 0 spiro atoms. The zero-order chi connectivity index (χ0) is 14.6. The Kier molecular flexibility index (Phi) is 3.00. The number of hydrogen-bond donors (Lipinski definition) is 1. The summed E-state index contributed by atoms with van der Waals surface area (Å²) in [6.45, 7) is 1.86. The maximum atomic E-state index is 12.9. The van der Waals surface area contributed by atoms with E-state index in [-0.39, 0.29) is 11.3 Å². The van der Waals surface area contributed by atoms with Crippen molar-refractivity contribution in [3.05, 3.63) is 16.9 Å². The molecule has 1 aromatic heterocycles. The first-order valence-electron chi connectivity index (χ1n) is 7.85. The molecule has 5 rings (SSSR count). The predicted molar refractivity (Wildman–Crippen MR) is 81.0 cm³/mol. The Morgan fingerprint density at radius 2 is 1.76 bits per heavy atom. The second-order valence-corrected chi connectivity index (χ2v) is 7.69. The highest BCUT2D eigenvalue weighted by molar-refractivity contribution is 6.29. The van der Waals surface area contributed by atoms with Gasteiger partial charge in [0, 0.05) is 5.69 Å². The van der Waals surface area contributed by atoms with Gasteiger partial charge in [-0.25, -0.2) is 9.97 Å². The van der Waals surface area contributed by atoms with Gasteiger partial charge in [0.15, 0.2) is 0 Å².